The number of H-pyrrole nitrogens is 1. The number of aromatic nitrogens is 2. The van der Waals surface area contributed by atoms with Crippen molar-refractivity contribution in [1.82, 2.24) is 9.55 Å². The summed E-state index contributed by atoms with van der Waals surface area (Å²) in [5.41, 5.74) is 1.69. The highest BCUT2D eigenvalue weighted by atomic mass is 35.5. The van der Waals surface area contributed by atoms with E-state index in [-0.39, 0.29) is 18.1 Å². The Balaban J connectivity index is 1.71. The second kappa shape index (κ2) is 6.92. The Bertz CT molecular complexity index is 1230. The molecule has 2 aromatic carbocycles. The maximum atomic E-state index is 13.4. The molecular formula is C19H11Cl2F2N3O2. The first-order valence-electron chi connectivity index (χ1n) is 8.05. The quantitative estimate of drug-likeness (QED) is 0.639. The van der Waals surface area contributed by atoms with E-state index < -0.39 is 17.3 Å². The summed E-state index contributed by atoms with van der Waals surface area (Å²) in [7, 11) is 0. The molecule has 1 aliphatic rings. The van der Waals surface area contributed by atoms with Gasteiger partial charge < -0.3 is 10.1 Å². The lowest BCUT2D eigenvalue weighted by atomic mass is 10.1. The van der Waals surface area contributed by atoms with E-state index in [4.69, 9.17) is 23.2 Å². The molecule has 0 saturated heterocycles. The number of aromatic amines is 1. The van der Waals surface area contributed by atoms with Crippen LogP contribution < -0.4 is 5.69 Å². The summed E-state index contributed by atoms with van der Waals surface area (Å²) in [5, 5.41) is 11.1. The van der Waals surface area contributed by atoms with E-state index >= 15 is 0 Å². The number of aromatic hydroxyl groups is 1. The zero-order valence-electron chi connectivity index (χ0n) is 14.0. The third kappa shape index (κ3) is 3.12. The molecule has 0 bridgehead atoms. The van der Waals surface area contributed by atoms with Gasteiger partial charge >= 0.3 is 5.69 Å². The monoisotopic (exact) mass is 421 g/mol. The fourth-order valence-electron chi connectivity index (χ4n) is 2.92. The molecule has 0 saturated carbocycles. The van der Waals surface area contributed by atoms with Crippen LogP contribution in [0.5, 0.6) is 5.88 Å². The van der Waals surface area contributed by atoms with Crippen LogP contribution in [0.4, 0.5) is 14.5 Å². The van der Waals surface area contributed by atoms with Crippen LogP contribution in [-0.2, 0) is 6.54 Å². The minimum absolute atomic E-state index is 0.131. The van der Waals surface area contributed by atoms with Crippen molar-refractivity contribution in [3.8, 4) is 5.88 Å². The van der Waals surface area contributed by atoms with Crippen LogP contribution >= 0.6 is 23.2 Å². The first-order valence-corrected chi connectivity index (χ1v) is 8.80. The molecule has 1 aliphatic heterocycles. The van der Waals surface area contributed by atoms with E-state index in [1.807, 2.05) is 0 Å². The molecule has 1 aromatic heterocycles. The zero-order chi connectivity index (χ0) is 20.0. The predicted octanol–water partition coefficient (Wildman–Crippen LogP) is 4.77. The molecule has 0 unspecified atom stereocenters. The Morgan fingerprint density at radius 1 is 1.18 bits per heavy atom. The predicted molar refractivity (Wildman–Crippen MR) is 105 cm³/mol. The van der Waals surface area contributed by atoms with Gasteiger partial charge in [-0.05, 0) is 29.8 Å². The molecule has 2 heterocycles. The SMILES string of the molecule is O=c1[nH]c(/C=C2\C=Nc3c2ccc(Cl)c3Cl)c(O)n1Cc1ccc(F)c(F)c1. The number of benzene rings is 2. The maximum Gasteiger partial charge on any atom is 0.329 e. The first-order chi connectivity index (χ1) is 13.3. The summed E-state index contributed by atoms with van der Waals surface area (Å²) < 4.78 is 27.5. The van der Waals surface area contributed by atoms with Crippen LogP contribution in [-0.4, -0.2) is 20.9 Å². The van der Waals surface area contributed by atoms with Gasteiger partial charge in [0.1, 0.15) is 5.69 Å². The molecule has 0 amide bonds. The lowest BCUT2D eigenvalue weighted by Gasteiger charge is -2.05. The minimum atomic E-state index is -1.03. The van der Waals surface area contributed by atoms with Crippen molar-refractivity contribution in [2.75, 3.05) is 0 Å². The number of halogens is 4. The molecule has 0 aliphatic carbocycles. The average molecular weight is 422 g/mol. The maximum absolute atomic E-state index is 13.4. The highest BCUT2D eigenvalue weighted by Gasteiger charge is 2.19. The van der Waals surface area contributed by atoms with Gasteiger partial charge in [0.05, 0.1) is 22.3 Å². The Kier molecular flexibility index (Phi) is 4.56. The average Bonchev–Trinajstić information content (AvgIpc) is 3.18. The van der Waals surface area contributed by atoms with Crippen LogP contribution in [0.1, 0.15) is 16.8 Å². The molecule has 4 rings (SSSR count). The van der Waals surface area contributed by atoms with E-state index in [0.29, 0.717) is 32.4 Å². The molecule has 0 atom stereocenters. The van der Waals surface area contributed by atoms with Gasteiger partial charge in [-0.25, -0.2) is 13.6 Å². The van der Waals surface area contributed by atoms with Gasteiger partial charge in [0.15, 0.2) is 11.6 Å². The Morgan fingerprint density at radius 3 is 2.71 bits per heavy atom. The van der Waals surface area contributed by atoms with Gasteiger partial charge in [0, 0.05) is 17.4 Å². The highest BCUT2D eigenvalue weighted by molar-refractivity contribution is 6.44. The molecule has 0 spiro atoms. The largest absolute Gasteiger partial charge is 0.493 e. The number of aliphatic imine (C=N–C) groups is 1. The number of fused-ring (bicyclic) bond motifs is 1. The van der Waals surface area contributed by atoms with Gasteiger partial charge in [0.2, 0.25) is 5.88 Å². The van der Waals surface area contributed by atoms with E-state index in [2.05, 4.69) is 9.98 Å². The third-order valence-corrected chi connectivity index (χ3v) is 5.11. The lowest BCUT2D eigenvalue weighted by molar-refractivity contribution is 0.420. The fraction of sp³-hybridized carbons (Fsp3) is 0.0526. The molecule has 9 heteroatoms. The fourth-order valence-corrected chi connectivity index (χ4v) is 3.29. The number of rotatable bonds is 3. The van der Waals surface area contributed by atoms with Crippen LogP contribution in [0.25, 0.3) is 11.6 Å². The van der Waals surface area contributed by atoms with E-state index in [1.54, 1.807) is 12.1 Å². The standard InChI is InChI=1S/C19H11Cl2F2N3O2/c20-12-3-2-11-10(7-24-17(11)16(12)21)6-15-18(27)26(19(28)25-15)8-9-1-4-13(22)14(23)5-9/h1-7,27H,8H2,(H,25,28)/b10-6+. The van der Waals surface area contributed by atoms with Crippen molar-refractivity contribution in [2.24, 2.45) is 4.99 Å². The van der Waals surface area contributed by atoms with Crippen molar-refractivity contribution in [3.05, 3.63) is 79.3 Å². The smallest absolute Gasteiger partial charge is 0.329 e. The van der Waals surface area contributed by atoms with Crippen molar-refractivity contribution in [3.63, 3.8) is 0 Å². The van der Waals surface area contributed by atoms with Crippen molar-refractivity contribution in [2.45, 2.75) is 6.54 Å². The number of nitrogens with zero attached hydrogens (tertiary/aromatic N) is 2. The van der Waals surface area contributed by atoms with Crippen molar-refractivity contribution in [1.29, 1.82) is 0 Å². The number of nitrogens with one attached hydrogen (secondary N) is 1. The second-order valence-corrected chi connectivity index (χ2v) is 6.90. The van der Waals surface area contributed by atoms with Gasteiger partial charge in [-0.2, -0.15) is 0 Å². The number of hydrogen-bond donors (Lipinski definition) is 2. The van der Waals surface area contributed by atoms with Gasteiger partial charge in [-0.15, -0.1) is 0 Å². The molecule has 3 aromatic rings. The molecule has 28 heavy (non-hydrogen) atoms. The summed E-state index contributed by atoms with van der Waals surface area (Å²) >= 11 is 12.1. The van der Waals surface area contributed by atoms with Gasteiger partial charge in [0.25, 0.3) is 0 Å². The Hall–Kier alpha value is -2.90. The molecular weight excluding hydrogens is 411 g/mol. The normalized spacial score (nSPS) is 14.1. The van der Waals surface area contributed by atoms with Crippen LogP contribution in [0.15, 0.2) is 40.1 Å². The van der Waals surface area contributed by atoms with Gasteiger partial charge in [-0.1, -0.05) is 35.3 Å². The minimum Gasteiger partial charge on any atom is -0.493 e. The molecule has 5 nitrogen and oxygen atoms in total. The van der Waals surface area contributed by atoms with Crippen molar-refractivity contribution < 1.29 is 13.9 Å². The summed E-state index contributed by atoms with van der Waals surface area (Å²) in [6.07, 6.45) is 3.08. The van der Waals surface area contributed by atoms with Gasteiger partial charge in [-0.3, -0.25) is 9.56 Å². The van der Waals surface area contributed by atoms with Crippen LogP contribution in [0.3, 0.4) is 0 Å². The van der Waals surface area contributed by atoms with E-state index in [0.717, 1.165) is 16.7 Å². The Morgan fingerprint density at radius 2 is 1.96 bits per heavy atom. The first kappa shape index (κ1) is 18.5. The molecule has 0 radical (unpaired) electrons. The van der Waals surface area contributed by atoms with E-state index in [9.17, 15) is 18.7 Å². The number of hydrogen-bond acceptors (Lipinski definition) is 3. The number of imidazole rings is 1. The summed E-state index contributed by atoms with van der Waals surface area (Å²) in [5.74, 6) is -2.36. The van der Waals surface area contributed by atoms with Crippen molar-refractivity contribution >= 4 is 46.8 Å². The van der Waals surface area contributed by atoms with Crippen LogP contribution in [0.2, 0.25) is 10.0 Å². The summed E-state index contributed by atoms with van der Waals surface area (Å²) in [6.45, 7) is -0.131. The highest BCUT2D eigenvalue weighted by Crippen LogP contribution is 2.42. The topological polar surface area (TPSA) is 70.4 Å². The van der Waals surface area contributed by atoms with E-state index in [1.165, 1.54) is 18.4 Å². The summed E-state index contributed by atoms with van der Waals surface area (Å²) in [6, 6.07) is 6.63. The zero-order valence-corrected chi connectivity index (χ0v) is 15.5. The number of allylic oxidation sites excluding steroid dienone is 1. The van der Waals surface area contributed by atoms with Crippen LogP contribution in [0, 0.1) is 11.6 Å². The lowest BCUT2D eigenvalue weighted by Crippen LogP contribution is -2.17. The molecule has 142 valence electrons. The third-order valence-electron chi connectivity index (χ3n) is 4.32. The molecule has 0 fully saturated rings. The Labute approximate surface area is 167 Å². The molecule has 2 N–H and O–H groups in total. The second-order valence-electron chi connectivity index (χ2n) is 6.12. The summed E-state index contributed by atoms with van der Waals surface area (Å²) in [4.78, 5) is 19.0.